The van der Waals surface area contributed by atoms with Crippen LogP contribution in [-0.2, 0) is 4.79 Å². The van der Waals surface area contributed by atoms with Gasteiger partial charge >= 0.3 is 5.97 Å². The summed E-state index contributed by atoms with van der Waals surface area (Å²) in [7, 11) is 0. The maximum absolute atomic E-state index is 10.7. The van der Waals surface area contributed by atoms with Crippen LogP contribution in [0.2, 0.25) is 0 Å². The van der Waals surface area contributed by atoms with E-state index in [1.165, 1.54) is 6.08 Å². The highest BCUT2D eigenvalue weighted by Crippen LogP contribution is 2.14. The molecule has 14 heavy (non-hydrogen) atoms. The third-order valence-electron chi connectivity index (χ3n) is 1.80. The molecule has 0 amide bonds. The average Bonchev–Trinajstić information content (AvgIpc) is 2.16. The smallest absolute Gasteiger partial charge is 0.332 e. The molecule has 4 heteroatoms. The Hall–Kier alpha value is -1.32. The van der Waals surface area contributed by atoms with Gasteiger partial charge in [-0.3, -0.25) is 0 Å². The van der Waals surface area contributed by atoms with Crippen LogP contribution in [0.3, 0.4) is 0 Å². The van der Waals surface area contributed by atoms with E-state index in [-0.39, 0.29) is 11.5 Å². The van der Waals surface area contributed by atoms with Gasteiger partial charge < -0.3 is 10.8 Å². The van der Waals surface area contributed by atoms with Crippen molar-refractivity contribution in [2.24, 2.45) is 0 Å². The lowest BCUT2D eigenvalue weighted by Crippen LogP contribution is -2.41. The molecule has 3 nitrogen and oxygen atoms in total. The third kappa shape index (κ3) is 2.58. The first-order valence-electron chi connectivity index (χ1n) is 4.06. The highest BCUT2D eigenvalue weighted by molar-refractivity contribution is 6.22. The minimum absolute atomic E-state index is 0.0103. The Kier molecular flexibility index (Phi) is 3.68. The van der Waals surface area contributed by atoms with Gasteiger partial charge in [-0.05, 0) is 18.2 Å². The number of rotatable bonds is 3. The number of hydrogen-bond donors (Lipinski definition) is 2. The molecule has 1 aromatic carbocycles. The molecule has 1 rings (SSSR count). The van der Waals surface area contributed by atoms with Gasteiger partial charge in [0.2, 0.25) is 0 Å². The third-order valence-corrected chi connectivity index (χ3v) is 2.09. The van der Waals surface area contributed by atoms with Crippen LogP contribution in [0.15, 0.2) is 29.8 Å². The summed E-state index contributed by atoms with van der Waals surface area (Å²) in [6.45, 7) is 0. The van der Waals surface area contributed by atoms with Crippen LogP contribution >= 0.6 is 11.6 Å². The molecule has 74 valence electrons. The standard InChI is InChI=1S/C10H10ClNO2/c11-6-8(10(13)14)5-7-3-1-2-4-9(7)12/h1-5H,6,12H2,(H,13,14)/p+1/b8-5+. The SMILES string of the molecule is [NH3+]c1ccccc1/C=C(\CCl)C(=O)O. The summed E-state index contributed by atoms with van der Waals surface area (Å²) in [5, 5.41) is 8.75. The zero-order valence-electron chi connectivity index (χ0n) is 7.53. The summed E-state index contributed by atoms with van der Waals surface area (Å²) in [5.41, 5.74) is 5.53. The number of halogens is 1. The Balaban J connectivity index is 3.07. The molecule has 0 aliphatic carbocycles. The molecule has 1 aromatic rings. The molecule has 0 radical (unpaired) electrons. The van der Waals surface area contributed by atoms with Gasteiger partial charge in [0.05, 0.1) is 11.5 Å². The van der Waals surface area contributed by atoms with Crippen LogP contribution in [0.1, 0.15) is 5.56 Å². The van der Waals surface area contributed by atoms with Crippen molar-refractivity contribution in [3.63, 3.8) is 0 Å². The van der Waals surface area contributed by atoms with Crippen molar-refractivity contribution in [3.05, 3.63) is 35.4 Å². The second kappa shape index (κ2) is 4.79. The summed E-state index contributed by atoms with van der Waals surface area (Å²) in [5.74, 6) is -1.01. The fourth-order valence-corrected chi connectivity index (χ4v) is 1.21. The lowest BCUT2D eigenvalue weighted by atomic mass is 10.1. The van der Waals surface area contributed by atoms with E-state index in [0.717, 1.165) is 11.3 Å². The molecule has 0 unspecified atom stereocenters. The quantitative estimate of drug-likeness (QED) is 0.585. The van der Waals surface area contributed by atoms with Crippen molar-refractivity contribution >= 4 is 29.3 Å². The van der Waals surface area contributed by atoms with Crippen molar-refractivity contribution in [2.45, 2.75) is 0 Å². The lowest BCUT2D eigenvalue weighted by molar-refractivity contribution is -0.255. The second-order valence-electron chi connectivity index (χ2n) is 2.81. The van der Waals surface area contributed by atoms with E-state index in [0.29, 0.717) is 0 Å². The Morgan fingerprint density at radius 3 is 2.64 bits per heavy atom. The number of aliphatic carboxylic acids is 1. The first kappa shape index (κ1) is 10.8. The molecule has 0 saturated carbocycles. The van der Waals surface area contributed by atoms with E-state index in [9.17, 15) is 4.79 Å². The number of carboxylic acid groups (broad SMARTS) is 1. The van der Waals surface area contributed by atoms with Crippen LogP contribution in [0.4, 0.5) is 5.69 Å². The summed E-state index contributed by atoms with van der Waals surface area (Å²) < 4.78 is 0. The molecular weight excluding hydrogens is 202 g/mol. The zero-order chi connectivity index (χ0) is 10.6. The van der Waals surface area contributed by atoms with Gasteiger partial charge in [-0.1, -0.05) is 12.1 Å². The fourth-order valence-electron chi connectivity index (χ4n) is 1.02. The number of carboxylic acids is 1. The zero-order valence-corrected chi connectivity index (χ0v) is 8.29. The molecular formula is C10H11ClNO2+. The minimum Gasteiger partial charge on any atom is -0.478 e. The second-order valence-corrected chi connectivity index (χ2v) is 3.07. The highest BCUT2D eigenvalue weighted by atomic mass is 35.5. The van der Waals surface area contributed by atoms with Crippen LogP contribution < -0.4 is 5.73 Å². The van der Waals surface area contributed by atoms with Crippen molar-refractivity contribution in [1.82, 2.24) is 0 Å². The number of benzene rings is 1. The maximum Gasteiger partial charge on any atom is 0.332 e. The predicted octanol–water partition coefficient (Wildman–Crippen LogP) is 1.27. The molecule has 0 atom stereocenters. The topological polar surface area (TPSA) is 64.9 Å². The van der Waals surface area contributed by atoms with Gasteiger partial charge in [-0.15, -0.1) is 11.6 Å². The van der Waals surface area contributed by atoms with Crippen molar-refractivity contribution in [1.29, 1.82) is 0 Å². The van der Waals surface area contributed by atoms with Gasteiger partial charge in [-0.2, -0.15) is 0 Å². The van der Waals surface area contributed by atoms with Crippen molar-refractivity contribution < 1.29 is 15.6 Å². The van der Waals surface area contributed by atoms with Crippen LogP contribution in [0.5, 0.6) is 0 Å². The molecule has 0 saturated heterocycles. The number of hydrogen-bond acceptors (Lipinski definition) is 1. The first-order valence-corrected chi connectivity index (χ1v) is 4.59. The molecule has 0 aliphatic rings. The normalized spacial score (nSPS) is 11.4. The molecule has 0 heterocycles. The summed E-state index contributed by atoms with van der Waals surface area (Å²) in [6.07, 6.45) is 1.54. The molecule has 0 fully saturated rings. The summed E-state index contributed by atoms with van der Waals surface area (Å²) in [4.78, 5) is 10.7. The molecule has 0 aromatic heterocycles. The van der Waals surface area contributed by atoms with Crippen molar-refractivity contribution in [2.75, 3.05) is 5.88 Å². The Morgan fingerprint density at radius 2 is 2.14 bits per heavy atom. The fraction of sp³-hybridized carbons (Fsp3) is 0.100. The van der Waals surface area contributed by atoms with Crippen molar-refractivity contribution in [3.8, 4) is 0 Å². The average molecular weight is 213 g/mol. The maximum atomic E-state index is 10.7. The van der Waals surface area contributed by atoms with E-state index in [2.05, 4.69) is 5.73 Å². The number of carbonyl (C=O) groups is 1. The van der Waals surface area contributed by atoms with E-state index < -0.39 is 5.97 Å². The molecule has 0 bridgehead atoms. The van der Waals surface area contributed by atoms with Gasteiger partial charge in [-0.25, -0.2) is 4.79 Å². The van der Waals surface area contributed by atoms with E-state index in [4.69, 9.17) is 16.7 Å². The number of alkyl halides is 1. The highest BCUT2D eigenvalue weighted by Gasteiger charge is 2.07. The van der Waals surface area contributed by atoms with Gasteiger partial charge in [0.1, 0.15) is 5.69 Å². The van der Waals surface area contributed by atoms with Gasteiger partial charge in [0.25, 0.3) is 0 Å². The van der Waals surface area contributed by atoms with E-state index >= 15 is 0 Å². The van der Waals surface area contributed by atoms with Gasteiger partial charge in [0.15, 0.2) is 0 Å². The van der Waals surface area contributed by atoms with Crippen LogP contribution in [0.25, 0.3) is 6.08 Å². The lowest BCUT2D eigenvalue weighted by Gasteiger charge is -1.98. The van der Waals surface area contributed by atoms with Crippen LogP contribution in [-0.4, -0.2) is 17.0 Å². The molecule has 0 spiro atoms. The molecule has 0 aliphatic heterocycles. The monoisotopic (exact) mass is 212 g/mol. The van der Waals surface area contributed by atoms with E-state index in [1.54, 1.807) is 6.07 Å². The minimum atomic E-state index is -0.997. The predicted molar refractivity (Wildman–Crippen MR) is 55.3 cm³/mol. The number of quaternary nitrogens is 1. The first-order chi connectivity index (χ1) is 6.65. The van der Waals surface area contributed by atoms with E-state index in [1.807, 2.05) is 18.2 Å². The largest absolute Gasteiger partial charge is 0.478 e. The Bertz CT molecular complexity index is 374. The van der Waals surface area contributed by atoms with Crippen LogP contribution in [0, 0.1) is 0 Å². The molecule has 4 N–H and O–H groups in total. The Morgan fingerprint density at radius 1 is 1.50 bits per heavy atom. The summed E-state index contributed by atoms with van der Waals surface area (Å²) >= 11 is 5.50. The Labute approximate surface area is 86.8 Å². The van der Waals surface area contributed by atoms with Gasteiger partial charge in [0, 0.05) is 5.56 Å². The summed E-state index contributed by atoms with van der Waals surface area (Å²) in [6, 6.07) is 7.30.